The minimum Gasteiger partial charge on any atom is -0.481 e. The van der Waals surface area contributed by atoms with E-state index in [4.69, 9.17) is 5.11 Å². The Kier molecular flexibility index (Phi) is 5.19. The molecule has 6 nitrogen and oxygen atoms in total. The van der Waals surface area contributed by atoms with Crippen molar-refractivity contribution in [3.63, 3.8) is 0 Å². The number of aliphatic carboxylic acids is 1. The standard InChI is InChI=1S/C10H16F3NO5/c1-8(2,3)19-7(17)14-5-9(18,4-6(15)16)10(11,12)13/h18H,4-5H2,1-3H3,(H,14,17)(H,15,16)/t9-/m0/s1. The normalized spacial score (nSPS) is 15.5. The number of amides is 1. The minimum atomic E-state index is -5.19. The van der Waals surface area contributed by atoms with E-state index >= 15 is 0 Å². The van der Waals surface area contributed by atoms with Gasteiger partial charge >= 0.3 is 18.2 Å². The Morgan fingerprint density at radius 2 is 1.68 bits per heavy atom. The van der Waals surface area contributed by atoms with Crippen LogP contribution in [0.25, 0.3) is 0 Å². The number of carboxylic acids is 1. The fourth-order valence-electron chi connectivity index (χ4n) is 1.05. The number of carbonyl (C=O) groups excluding carboxylic acids is 1. The molecule has 0 saturated heterocycles. The highest BCUT2D eigenvalue weighted by Gasteiger charge is 2.55. The van der Waals surface area contributed by atoms with Gasteiger partial charge in [-0.25, -0.2) is 4.79 Å². The number of aliphatic hydroxyl groups is 1. The van der Waals surface area contributed by atoms with E-state index in [1.165, 1.54) is 20.8 Å². The lowest BCUT2D eigenvalue weighted by molar-refractivity contribution is -0.259. The Morgan fingerprint density at radius 1 is 1.21 bits per heavy atom. The average molecular weight is 287 g/mol. The van der Waals surface area contributed by atoms with Gasteiger partial charge in [-0.15, -0.1) is 0 Å². The highest BCUT2D eigenvalue weighted by atomic mass is 19.4. The van der Waals surface area contributed by atoms with Gasteiger partial charge in [-0.1, -0.05) is 0 Å². The molecule has 3 N–H and O–H groups in total. The zero-order valence-electron chi connectivity index (χ0n) is 10.7. The van der Waals surface area contributed by atoms with Crippen LogP contribution >= 0.6 is 0 Å². The van der Waals surface area contributed by atoms with E-state index in [2.05, 4.69) is 4.74 Å². The molecule has 9 heteroatoms. The van der Waals surface area contributed by atoms with Crippen molar-refractivity contribution in [3.05, 3.63) is 0 Å². The lowest BCUT2D eigenvalue weighted by Crippen LogP contribution is -2.55. The van der Waals surface area contributed by atoms with Crippen molar-refractivity contribution in [1.29, 1.82) is 0 Å². The van der Waals surface area contributed by atoms with Crippen molar-refractivity contribution in [3.8, 4) is 0 Å². The summed E-state index contributed by atoms with van der Waals surface area (Å²) in [5, 5.41) is 19.3. The molecule has 0 bridgehead atoms. The topological polar surface area (TPSA) is 95.9 Å². The monoisotopic (exact) mass is 287 g/mol. The van der Waals surface area contributed by atoms with Crippen LogP contribution in [0.2, 0.25) is 0 Å². The molecule has 19 heavy (non-hydrogen) atoms. The molecule has 0 aliphatic heterocycles. The third kappa shape index (κ3) is 6.27. The zero-order chi connectivity index (χ0) is 15.5. The summed E-state index contributed by atoms with van der Waals surface area (Å²) in [5.74, 6) is -1.84. The van der Waals surface area contributed by atoms with Gasteiger partial charge in [0.15, 0.2) is 5.60 Å². The molecular formula is C10H16F3NO5. The van der Waals surface area contributed by atoms with Gasteiger partial charge in [0.05, 0.1) is 13.0 Å². The second-order valence-electron chi connectivity index (χ2n) is 4.96. The minimum absolute atomic E-state index is 0.923. The van der Waals surface area contributed by atoms with Crippen LogP contribution in [0.1, 0.15) is 27.2 Å². The number of alkyl carbamates (subject to hydrolysis) is 1. The molecule has 0 aromatic carbocycles. The molecule has 0 rings (SSSR count). The largest absolute Gasteiger partial charge is 0.481 e. The number of alkyl halides is 3. The number of nitrogens with one attached hydrogen (secondary N) is 1. The first-order chi connectivity index (χ1) is 8.27. The Balaban J connectivity index is 4.70. The summed E-state index contributed by atoms with van der Waals surface area (Å²) in [4.78, 5) is 21.5. The fourth-order valence-corrected chi connectivity index (χ4v) is 1.05. The number of carbonyl (C=O) groups is 2. The molecule has 0 aliphatic rings. The van der Waals surface area contributed by atoms with Crippen molar-refractivity contribution in [2.24, 2.45) is 0 Å². The number of halogens is 3. The molecular weight excluding hydrogens is 271 g/mol. The summed E-state index contributed by atoms with van der Waals surface area (Å²) in [6.07, 6.45) is -7.95. The summed E-state index contributed by atoms with van der Waals surface area (Å²) in [6.45, 7) is 3.19. The van der Waals surface area contributed by atoms with E-state index in [-0.39, 0.29) is 0 Å². The summed E-state index contributed by atoms with van der Waals surface area (Å²) < 4.78 is 42.3. The molecule has 1 atom stereocenters. The molecule has 0 saturated carbocycles. The van der Waals surface area contributed by atoms with E-state index in [1.54, 1.807) is 5.32 Å². The van der Waals surface area contributed by atoms with Crippen LogP contribution in [0.5, 0.6) is 0 Å². The van der Waals surface area contributed by atoms with E-state index in [9.17, 15) is 27.9 Å². The van der Waals surface area contributed by atoms with Crippen LogP contribution in [0, 0.1) is 0 Å². The number of ether oxygens (including phenoxy) is 1. The molecule has 0 fully saturated rings. The molecule has 0 aliphatic carbocycles. The van der Waals surface area contributed by atoms with Gasteiger partial charge in [0.25, 0.3) is 0 Å². The van der Waals surface area contributed by atoms with E-state index in [1.807, 2.05) is 0 Å². The van der Waals surface area contributed by atoms with Gasteiger partial charge < -0.3 is 20.3 Å². The Morgan fingerprint density at radius 3 is 2.00 bits per heavy atom. The van der Waals surface area contributed by atoms with E-state index < -0.39 is 42.4 Å². The first-order valence-corrected chi connectivity index (χ1v) is 5.24. The average Bonchev–Trinajstić information content (AvgIpc) is 2.09. The van der Waals surface area contributed by atoms with Gasteiger partial charge in [-0.2, -0.15) is 13.2 Å². The third-order valence-corrected chi connectivity index (χ3v) is 1.90. The summed E-state index contributed by atoms with van der Waals surface area (Å²) in [6, 6.07) is 0. The third-order valence-electron chi connectivity index (χ3n) is 1.90. The van der Waals surface area contributed by atoms with Crippen LogP contribution in [0.3, 0.4) is 0 Å². The Hall–Kier alpha value is -1.51. The van der Waals surface area contributed by atoms with Crippen molar-refractivity contribution in [1.82, 2.24) is 5.32 Å². The van der Waals surface area contributed by atoms with Gasteiger partial charge in [0.1, 0.15) is 5.60 Å². The van der Waals surface area contributed by atoms with Crippen LogP contribution in [-0.4, -0.2) is 46.2 Å². The van der Waals surface area contributed by atoms with Gasteiger partial charge in [-0.05, 0) is 20.8 Å². The Labute approximate surface area is 107 Å². The maximum absolute atomic E-state index is 12.5. The second-order valence-corrected chi connectivity index (χ2v) is 4.96. The van der Waals surface area contributed by atoms with Gasteiger partial charge in [0.2, 0.25) is 0 Å². The maximum Gasteiger partial charge on any atom is 0.419 e. The Bertz CT molecular complexity index is 350. The van der Waals surface area contributed by atoms with Crippen molar-refractivity contribution in [2.75, 3.05) is 6.54 Å². The first kappa shape index (κ1) is 17.5. The molecule has 0 aromatic rings. The second kappa shape index (κ2) is 5.64. The van der Waals surface area contributed by atoms with Crippen LogP contribution < -0.4 is 5.32 Å². The molecule has 1 amide bonds. The number of hydrogen-bond donors (Lipinski definition) is 3. The molecule has 0 spiro atoms. The van der Waals surface area contributed by atoms with Crippen LogP contribution in [0.4, 0.5) is 18.0 Å². The quantitative estimate of drug-likeness (QED) is 0.724. The molecule has 0 aromatic heterocycles. The lowest BCUT2D eigenvalue weighted by atomic mass is 9.99. The predicted molar refractivity (Wildman–Crippen MR) is 57.5 cm³/mol. The molecule has 0 radical (unpaired) electrons. The predicted octanol–water partition coefficient (Wildman–Crippen LogP) is 1.28. The number of hydrogen-bond acceptors (Lipinski definition) is 4. The van der Waals surface area contributed by atoms with E-state index in [0.717, 1.165) is 0 Å². The highest BCUT2D eigenvalue weighted by Crippen LogP contribution is 2.32. The smallest absolute Gasteiger partial charge is 0.419 e. The van der Waals surface area contributed by atoms with Gasteiger partial charge in [0, 0.05) is 0 Å². The maximum atomic E-state index is 12.5. The molecule has 0 unspecified atom stereocenters. The zero-order valence-corrected chi connectivity index (χ0v) is 10.7. The SMILES string of the molecule is CC(C)(C)OC(=O)NC[C@@](O)(CC(=O)O)C(F)(F)F. The highest BCUT2D eigenvalue weighted by molar-refractivity contribution is 5.70. The van der Waals surface area contributed by atoms with Gasteiger partial charge in [-0.3, -0.25) is 4.79 Å². The van der Waals surface area contributed by atoms with Crippen molar-refractivity contribution < 1.29 is 37.7 Å². The first-order valence-electron chi connectivity index (χ1n) is 5.24. The van der Waals surface area contributed by atoms with Crippen LogP contribution in [0.15, 0.2) is 0 Å². The summed E-state index contributed by atoms with van der Waals surface area (Å²) in [5.41, 5.74) is -4.47. The number of carboxylic acid groups (broad SMARTS) is 1. The molecule has 0 heterocycles. The number of rotatable bonds is 4. The summed E-state index contributed by atoms with van der Waals surface area (Å²) in [7, 11) is 0. The van der Waals surface area contributed by atoms with Crippen LogP contribution in [-0.2, 0) is 9.53 Å². The molecule has 112 valence electrons. The fraction of sp³-hybridized carbons (Fsp3) is 0.800. The van der Waals surface area contributed by atoms with Crippen molar-refractivity contribution in [2.45, 2.75) is 44.6 Å². The lowest BCUT2D eigenvalue weighted by Gasteiger charge is -2.29. The summed E-state index contributed by atoms with van der Waals surface area (Å²) >= 11 is 0. The van der Waals surface area contributed by atoms with Crippen molar-refractivity contribution >= 4 is 12.1 Å². The van der Waals surface area contributed by atoms with E-state index in [0.29, 0.717) is 0 Å².